The SMILES string of the molecule is CSc1ccc(CN(C)C(=O)COC(=O)/C=C/c2ccc(C#N)cc2)cc1. The summed E-state index contributed by atoms with van der Waals surface area (Å²) in [6, 6.07) is 16.8. The molecule has 0 saturated heterocycles. The number of thioether (sulfide) groups is 1. The van der Waals surface area contributed by atoms with Crippen LogP contribution in [0.15, 0.2) is 59.5 Å². The topological polar surface area (TPSA) is 70.4 Å². The summed E-state index contributed by atoms with van der Waals surface area (Å²) >= 11 is 1.66. The summed E-state index contributed by atoms with van der Waals surface area (Å²) < 4.78 is 4.99. The van der Waals surface area contributed by atoms with Gasteiger partial charge in [-0.15, -0.1) is 11.8 Å². The van der Waals surface area contributed by atoms with Crippen molar-refractivity contribution in [3.8, 4) is 6.07 Å². The molecule has 1 amide bonds. The Morgan fingerprint density at radius 3 is 2.41 bits per heavy atom. The molecular formula is C21H20N2O3S. The number of carbonyl (C=O) groups excluding carboxylic acids is 2. The molecule has 27 heavy (non-hydrogen) atoms. The fraction of sp³-hybridized carbons (Fsp3) is 0.190. The molecule has 2 rings (SSSR count). The lowest BCUT2D eigenvalue weighted by Crippen LogP contribution is -2.30. The van der Waals surface area contributed by atoms with Crippen LogP contribution in [0.25, 0.3) is 6.08 Å². The zero-order valence-electron chi connectivity index (χ0n) is 15.2. The summed E-state index contributed by atoms with van der Waals surface area (Å²) in [6.45, 7) is 0.141. The molecule has 0 atom stereocenters. The maximum Gasteiger partial charge on any atom is 0.331 e. The predicted octanol–water partition coefficient (Wildman–Crippen LogP) is 3.50. The first-order valence-corrected chi connectivity index (χ1v) is 9.46. The molecule has 0 heterocycles. The molecule has 0 aliphatic rings. The van der Waals surface area contributed by atoms with Gasteiger partial charge in [0.25, 0.3) is 5.91 Å². The van der Waals surface area contributed by atoms with Gasteiger partial charge in [-0.1, -0.05) is 24.3 Å². The van der Waals surface area contributed by atoms with Crippen molar-refractivity contribution in [3.05, 3.63) is 71.3 Å². The van der Waals surface area contributed by atoms with Gasteiger partial charge in [-0.2, -0.15) is 5.26 Å². The van der Waals surface area contributed by atoms with E-state index in [4.69, 9.17) is 10.00 Å². The van der Waals surface area contributed by atoms with Crippen molar-refractivity contribution < 1.29 is 14.3 Å². The molecule has 5 nitrogen and oxygen atoms in total. The Morgan fingerprint density at radius 2 is 1.81 bits per heavy atom. The van der Waals surface area contributed by atoms with Gasteiger partial charge in [-0.05, 0) is 47.7 Å². The minimum atomic E-state index is -0.592. The number of esters is 1. The normalized spacial score (nSPS) is 10.4. The second-order valence-corrected chi connectivity index (χ2v) is 6.65. The molecule has 0 unspecified atom stereocenters. The zero-order valence-corrected chi connectivity index (χ0v) is 16.0. The molecule has 2 aromatic carbocycles. The van der Waals surface area contributed by atoms with Gasteiger partial charge in [0.2, 0.25) is 0 Å². The Morgan fingerprint density at radius 1 is 1.15 bits per heavy atom. The van der Waals surface area contributed by atoms with Crippen LogP contribution in [0.5, 0.6) is 0 Å². The molecular weight excluding hydrogens is 360 g/mol. The minimum Gasteiger partial charge on any atom is -0.452 e. The second-order valence-electron chi connectivity index (χ2n) is 5.77. The predicted molar refractivity (Wildman–Crippen MR) is 106 cm³/mol. The van der Waals surface area contributed by atoms with Gasteiger partial charge in [0.15, 0.2) is 6.61 Å². The van der Waals surface area contributed by atoms with Gasteiger partial charge in [0.1, 0.15) is 0 Å². The number of nitriles is 1. The monoisotopic (exact) mass is 380 g/mol. The number of nitrogens with zero attached hydrogens (tertiary/aromatic N) is 2. The highest BCUT2D eigenvalue weighted by atomic mass is 32.2. The van der Waals surface area contributed by atoms with Gasteiger partial charge in [-0.25, -0.2) is 4.79 Å². The maximum atomic E-state index is 12.1. The van der Waals surface area contributed by atoms with E-state index in [2.05, 4.69) is 0 Å². The van der Waals surface area contributed by atoms with E-state index in [1.165, 1.54) is 11.0 Å². The average Bonchev–Trinajstić information content (AvgIpc) is 2.71. The molecule has 0 aliphatic heterocycles. The van der Waals surface area contributed by atoms with Crippen LogP contribution in [0.1, 0.15) is 16.7 Å². The largest absolute Gasteiger partial charge is 0.452 e. The Labute approximate surface area is 163 Å². The second kappa shape index (κ2) is 10.2. The maximum absolute atomic E-state index is 12.1. The Hall–Kier alpha value is -3.04. The highest BCUT2D eigenvalue weighted by molar-refractivity contribution is 7.98. The molecule has 2 aromatic rings. The molecule has 138 valence electrons. The standard InChI is InChI=1S/C21H20N2O3S/c1-23(14-18-7-10-19(27-2)11-8-18)20(24)15-26-21(25)12-9-16-3-5-17(13-22)6-4-16/h3-12H,14-15H2,1-2H3/b12-9+. The van der Waals surface area contributed by atoms with E-state index in [0.717, 1.165) is 16.0 Å². The quantitative estimate of drug-likeness (QED) is 0.418. The summed E-state index contributed by atoms with van der Waals surface area (Å²) in [5, 5.41) is 8.75. The smallest absolute Gasteiger partial charge is 0.331 e. The highest BCUT2D eigenvalue weighted by Crippen LogP contribution is 2.15. The van der Waals surface area contributed by atoms with E-state index in [1.807, 2.05) is 36.6 Å². The molecule has 0 fully saturated rings. The molecule has 0 saturated carbocycles. The third-order valence-corrected chi connectivity index (χ3v) is 4.54. The van der Waals surface area contributed by atoms with Crippen molar-refractivity contribution in [3.63, 3.8) is 0 Å². The number of hydrogen-bond acceptors (Lipinski definition) is 5. The molecule has 0 N–H and O–H groups in total. The lowest BCUT2D eigenvalue weighted by atomic mass is 10.1. The Bertz CT molecular complexity index is 852. The van der Waals surface area contributed by atoms with Crippen LogP contribution in [-0.4, -0.2) is 36.7 Å². The summed E-state index contributed by atoms with van der Waals surface area (Å²) in [5.74, 6) is -0.866. The summed E-state index contributed by atoms with van der Waals surface area (Å²) in [5.41, 5.74) is 2.32. The first-order chi connectivity index (χ1) is 13.0. The highest BCUT2D eigenvalue weighted by Gasteiger charge is 2.11. The van der Waals surface area contributed by atoms with Gasteiger partial charge < -0.3 is 9.64 Å². The van der Waals surface area contributed by atoms with Crippen LogP contribution in [0.4, 0.5) is 0 Å². The van der Waals surface area contributed by atoms with Gasteiger partial charge in [0.05, 0.1) is 11.6 Å². The van der Waals surface area contributed by atoms with E-state index in [1.54, 1.807) is 49.2 Å². The number of benzene rings is 2. The number of amides is 1. The van der Waals surface area contributed by atoms with Crippen molar-refractivity contribution in [1.82, 2.24) is 4.90 Å². The number of hydrogen-bond donors (Lipinski definition) is 0. The lowest BCUT2D eigenvalue weighted by molar-refractivity contribution is -0.147. The summed E-state index contributed by atoms with van der Waals surface area (Å²) in [6.07, 6.45) is 4.84. The third-order valence-electron chi connectivity index (χ3n) is 3.79. The molecule has 0 aromatic heterocycles. The summed E-state index contributed by atoms with van der Waals surface area (Å²) in [4.78, 5) is 26.6. The van der Waals surface area contributed by atoms with Crippen molar-refractivity contribution in [2.45, 2.75) is 11.4 Å². The minimum absolute atomic E-state index is 0.274. The van der Waals surface area contributed by atoms with Crippen molar-refractivity contribution >= 4 is 29.7 Å². The van der Waals surface area contributed by atoms with E-state index >= 15 is 0 Å². The third kappa shape index (κ3) is 6.65. The van der Waals surface area contributed by atoms with Gasteiger partial charge in [0, 0.05) is 24.6 Å². The van der Waals surface area contributed by atoms with Crippen LogP contribution in [0.2, 0.25) is 0 Å². The Balaban J connectivity index is 1.79. The van der Waals surface area contributed by atoms with E-state index in [9.17, 15) is 9.59 Å². The molecule has 0 aliphatic carbocycles. The van der Waals surface area contributed by atoms with Crippen LogP contribution in [-0.2, 0) is 20.9 Å². The lowest BCUT2D eigenvalue weighted by Gasteiger charge is -2.17. The van der Waals surface area contributed by atoms with Crippen molar-refractivity contribution in [2.75, 3.05) is 19.9 Å². The molecule has 0 spiro atoms. The Kier molecular flexibility index (Phi) is 7.65. The first-order valence-electron chi connectivity index (χ1n) is 8.23. The van der Waals surface area contributed by atoms with Crippen molar-refractivity contribution in [2.24, 2.45) is 0 Å². The average molecular weight is 380 g/mol. The van der Waals surface area contributed by atoms with Gasteiger partial charge >= 0.3 is 5.97 Å². The van der Waals surface area contributed by atoms with Gasteiger partial charge in [-0.3, -0.25) is 4.79 Å². The number of likely N-dealkylation sites (N-methyl/N-ethyl adjacent to an activating group) is 1. The summed E-state index contributed by atoms with van der Waals surface area (Å²) in [7, 11) is 1.67. The van der Waals surface area contributed by atoms with Crippen LogP contribution in [0, 0.1) is 11.3 Å². The number of carbonyl (C=O) groups is 2. The zero-order chi connectivity index (χ0) is 19.6. The van der Waals surface area contributed by atoms with Crippen LogP contribution < -0.4 is 0 Å². The van der Waals surface area contributed by atoms with E-state index < -0.39 is 5.97 Å². The fourth-order valence-corrected chi connectivity index (χ4v) is 2.63. The molecule has 6 heteroatoms. The number of ether oxygens (including phenoxy) is 1. The molecule has 0 bridgehead atoms. The van der Waals surface area contributed by atoms with Crippen molar-refractivity contribution in [1.29, 1.82) is 5.26 Å². The number of rotatable bonds is 7. The van der Waals surface area contributed by atoms with E-state index in [0.29, 0.717) is 12.1 Å². The molecule has 0 radical (unpaired) electrons. The fourth-order valence-electron chi connectivity index (χ4n) is 2.22. The first kappa shape index (κ1) is 20.3. The van der Waals surface area contributed by atoms with Crippen LogP contribution >= 0.6 is 11.8 Å². The van der Waals surface area contributed by atoms with E-state index in [-0.39, 0.29) is 12.5 Å². The van der Waals surface area contributed by atoms with Crippen LogP contribution in [0.3, 0.4) is 0 Å².